The molecule has 0 spiro atoms. The molecule has 2 N–H and O–H groups in total. The molecule has 0 aliphatic heterocycles. The number of aromatic nitrogens is 3. The predicted molar refractivity (Wildman–Crippen MR) is 107 cm³/mol. The number of nitrogens with two attached hydrogens (primary N) is 1. The number of rotatable bonds is 11. The first-order valence-corrected chi connectivity index (χ1v) is 11.0. The van der Waals surface area contributed by atoms with Gasteiger partial charge in [-0.15, -0.1) is 0 Å². The maximum absolute atomic E-state index is 11.9. The van der Waals surface area contributed by atoms with Crippen molar-refractivity contribution in [2.75, 3.05) is 17.2 Å². The summed E-state index contributed by atoms with van der Waals surface area (Å²) in [4.78, 5) is 9.03. The van der Waals surface area contributed by atoms with E-state index >= 15 is 0 Å². The summed E-state index contributed by atoms with van der Waals surface area (Å²) in [6.45, 7) is 7.31. The van der Waals surface area contributed by atoms with E-state index in [2.05, 4.69) is 30.3 Å². The van der Waals surface area contributed by atoms with E-state index in [0.717, 1.165) is 85.4 Å². The Labute approximate surface area is 154 Å². The molecule has 1 unspecified atom stereocenters. The number of hydrogen-bond donors (Lipinski definition) is 1. The fourth-order valence-corrected chi connectivity index (χ4v) is 4.41. The smallest absolute Gasteiger partial charge is 0.151 e. The standard InChI is InChI=1S/C19H32N4OS/c1-4-6-10-16-22-17-18(15(3)14-21-19(17)20)23(16)11-8-9-13-25(24)12-7-5-2/h14H,4-13H2,1-3H3,(H2,20,21). The third-order valence-corrected chi connectivity index (χ3v) is 6.03. The van der Waals surface area contributed by atoms with Gasteiger partial charge in [0.15, 0.2) is 5.82 Å². The highest BCUT2D eigenvalue weighted by Crippen LogP contribution is 2.25. The minimum absolute atomic E-state index is 0.512. The van der Waals surface area contributed by atoms with Crippen molar-refractivity contribution in [1.29, 1.82) is 0 Å². The minimum Gasteiger partial charge on any atom is -0.616 e. The van der Waals surface area contributed by atoms with Gasteiger partial charge in [0, 0.05) is 19.2 Å². The number of nitrogen functional groups attached to an aromatic ring is 1. The van der Waals surface area contributed by atoms with Crippen molar-refractivity contribution in [3.63, 3.8) is 0 Å². The molecule has 140 valence electrons. The topological polar surface area (TPSA) is 79.8 Å². The van der Waals surface area contributed by atoms with Crippen LogP contribution in [-0.2, 0) is 24.1 Å². The third kappa shape index (κ3) is 5.35. The molecule has 0 saturated heterocycles. The number of imidazole rings is 1. The Morgan fingerprint density at radius 3 is 2.56 bits per heavy atom. The number of anilines is 1. The second-order valence-electron chi connectivity index (χ2n) is 6.72. The molecule has 0 bridgehead atoms. The number of unbranched alkanes of at least 4 members (excludes halogenated alkanes) is 3. The summed E-state index contributed by atoms with van der Waals surface area (Å²) < 4.78 is 14.3. The van der Waals surface area contributed by atoms with Crippen molar-refractivity contribution in [3.05, 3.63) is 17.6 Å². The van der Waals surface area contributed by atoms with E-state index in [-0.39, 0.29) is 0 Å². The lowest BCUT2D eigenvalue weighted by atomic mass is 10.2. The molecular formula is C19H32N4OS. The van der Waals surface area contributed by atoms with E-state index in [0.29, 0.717) is 5.82 Å². The van der Waals surface area contributed by atoms with Gasteiger partial charge in [-0.05, 0) is 38.2 Å². The highest BCUT2D eigenvalue weighted by Gasteiger charge is 2.15. The minimum atomic E-state index is -0.668. The van der Waals surface area contributed by atoms with Gasteiger partial charge in [-0.25, -0.2) is 9.97 Å². The van der Waals surface area contributed by atoms with Gasteiger partial charge in [0.25, 0.3) is 0 Å². The first-order chi connectivity index (χ1) is 12.1. The number of fused-ring (bicyclic) bond motifs is 1. The van der Waals surface area contributed by atoms with E-state index in [1.54, 1.807) is 0 Å². The number of aryl methyl sites for hydroxylation is 3. The molecule has 25 heavy (non-hydrogen) atoms. The monoisotopic (exact) mass is 364 g/mol. The number of pyridine rings is 1. The molecule has 5 nitrogen and oxygen atoms in total. The van der Waals surface area contributed by atoms with Crippen LogP contribution < -0.4 is 5.73 Å². The van der Waals surface area contributed by atoms with Crippen LogP contribution in [0.25, 0.3) is 11.0 Å². The molecule has 0 saturated carbocycles. The van der Waals surface area contributed by atoms with E-state index in [1.165, 1.54) is 0 Å². The van der Waals surface area contributed by atoms with Crippen molar-refractivity contribution in [2.45, 2.75) is 72.3 Å². The van der Waals surface area contributed by atoms with Crippen LogP contribution in [0.3, 0.4) is 0 Å². The SMILES string of the molecule is CCCCc1nc2c(N)ncc(C)c2n1CCCC[S+]([O-])CCCC. The lowest BCUT2D eigenvalue weighted by molar-refractivity contribution is 0.575. The lowest BCUT2D eigenvalue weighted by Gasteiger charge is -2.12. The molecule has 2 aromatic rings. The first kappa shape index (κ1) is 20.0. The van der Waals surface area contributed by atoms with Crippen LogP contribution >= 0.6 is 0 Å². The second kappa shape index (κ2) is 10.0. The summed E-state index contributed by atoms with van der Waals surface area (Å²) in [6.07, 6.45) is 9.25. The third-order valence-electron chi connectivity index (χ3n) is 4.54. The van der Waals surface area contributed by atoms with E-state index in [4.69, 9.17) is 10.7 Å². The predicted octanol–water partition coefficient (Wildman–Crippen LogP) is 3.99. The van der Waals surface area contributed by atoms with Crippen LogP contribution in [0, 0.1) is 6.92 Å². The van der Waals surface area contributed by atoms with Crippen LogP contribution in [0.5, 0.6) is 0 Å². The summed E-state index contributed by atoms with van der Waals surface area (Å²) in [6, 6.07) is 0. The zero-order valence-electron chi connectivity index (χ0n) is 15.9. The highest BCUT2D eigenvalue weighted by atomic mass is 32.2. The average Bonchev–Trinajstić information content (AvgIpc) is 2.98. The van der Waals surface area contributed by atoms with Gasteiger partial charge in [0.1, 0.15) is 22.8 Å². The molecule has 0 aliphatic rings. The van der Waals surface area contributed by atoms with Crippen LogP contribution in [0.1, 0.15) is 63.8 Å². The fraction of sp³-hybridized carbons (Fsp3) is 0.684. The molecule has 0 radical (unpaired) electrons. The Morgan fingerprint density at radius 2 is 1.84 bits per heavy atom. The van der Waals surface area contributed by atoms with Crippen molar-refractivity contribution in [1.82, 2.24) is 14.5 Å². The number of hydrogen-bond acceptors (Lipinski definition) is 4. The lowest BCUT2D eigenvalue weighted by Crippen LogP contribution is -2.12. The first-order valence-electron chi connectivity index (χ1n) is 9.53. The van der Waals surface area contributed by atoms with Crippen molar-refractivity contribution < 1.29 is 4.55 Å². The van der Waals surface area contributed by atoms with Gasteiger partial charge >= 0.3 is 0 Å². The Kier molecular flexibility index (Phi) is 8.03. The quantitative estimate of drug-likeness (QED) is 0.483. The van der Waals surface area contributed by atoms with E-state index in [1.807, 2.05) is 6.20 Å². The average molecular weight is 365 g/mol. The van der Waals surface area contributed by atoms with E-state index in [9.17, 15) is 4.55 Å². The normalized spacial score (nSPS) is 12.8. The summed E-state index contributed by atoms with van der Waals surface area (Å²) in [7, 11) is 0. The van der Waals surface area contributed by atoms with Crippen molar-refractivity contribution in [3.8, 4) is 0 Å². The fourth-order valence-electron chi connectivity index (χ4n) is 3.07. The molecule has 0 fully saturated rings. The molecule has 6 heteroatoms. The van der Waals surface area contributed by atoms with Crippen molar-refractivity contribution >= 4 is 28.0 Å². The van der Waals surface area contributed by atoms with Gasteiger partial charge in [-0.2, -0.15) is 0 Å². The maximum atomic E-state index is 11.9. The zero-order chi connectivity index (χ0) is 18.2. The molecule has 0 aromatic carbocycles. The van der Waals surface area contributed by atoms with Gasteiger partial charge < -0.3 is 14.9 Å². The Morgan fingerprint density at radius 1 is 1.12 bits per heavy atom. The van der Waals surface area contributed by atoms with Crippen LogP contribution in [-0.4, -0.2) is 30.6 Å². The maximum Gasteiger partial charge on any atom is 0.151 e. The molecule has 1 atom stereocenters. The molecule has 2 heterocycles. The molecule has 2 aromatic heterocycles. The van der Waals surface area contributed by atoms with E-state index < -0.39 is 11.2 Å². The largest absolute Gasteiger partial charge is 0.616 e. The Hall–Kier alpha value is -1.27. The Bertz CT molecular complexity index is 671. The van der Waals surface area contributed by atoms with Crippen LogP contribution in [0.15, 0.2) is 6.20 Å². The van der Waals surface area contributed by atoms with Gasteiger partial charge in [-0.3, -0.25) is 0 Å². The summed E-state index contributed by atoms with van der Waals surface area (Å²) in [5.74, 6) is 3.26. The van der Waals surface area contributed by atoms with Crippen molar-refractivity contribution in [2.24, 2.45) is 0 Å². The molecular weight excluding hydrogens is 332 g/mol. The zero-order valence-corrected chi connectivity index (χ0v) is 16.7. The summed E-state index contributed by atoms with van der Waals surface area (Å²) >= 11 is -0.668. The summed E-state index contributed by atoms with van der Waals surface area (Å²) in [5.41, 5.74) is 9.11. The molecule has 2 rings (SSSR count). The highest BCUT2D eigenvalue weighted by molar-refractivity contribution is 7.91. The molecule has 0 amide bonds. The van der Waals surface area contributed by atoms with Gasteiger partial charge in [-0.1, -0.05) is 37.9 Å². The van der Waals surface area contributed by atoms with Gasteiger partial charge in [0.05, 0.1) is 5.52 Å². The number of nitrogens with zero attached hydrogens (tertiary/aromatic N) is 3. The van der Waals surface area contributed by atoms with Crippen LogP contribution in [0.2, 0.25) is 0 Å². The van der Waals surface area contributed by atoms with Crippen LogP contribution in [0.4, 0.5) is 5.82 Å². The molecule has 0 aliphatic carbocycles. The second-order valence-corrected chi connectivity index (χ2v) is 8.41. The summed E-state index contributed by atoms with van der Waals surface area (Å²) in [5, 5.41) is 0. The Balaban J connectivity index is 2.08. The van der Waals surface area contributed by atoms with Gasteiger partial charge in [0.2, 0.25) is 0 Å².